The summed E-state index contributed by atoms with van der Waals surface area (Å²) >= 11 is 0. The molecule has 0 aliphatic rings. The summed E-state index contributed by atoms with van der Waals surface area (Å²) in [7, 11) is 0. The number of carbonyl (C=O) groups excluding carboxylic acids is 1. The van der Waals surface area contributed by atoms with E-state index in [4.69, 9.17) is 5.73 Å². The fraction of sp³-hybridized carbons (Fsp3) is 0.533. The molecule has 1 amide bonds. The highest BCUT2D eigenvalue weighted by atomic mass is 19.2. The van der Waals surface area contributed by atoms with Crippen molar-refractivity contribution in [2.45, 2.75) is 39.2 Å². The Balaban J connectivity index is 2.46. The molecule has 2 atom stereocenters. The molecule has 0 fully saturated rings. The topological polar surface area (TPSA) is 55.1 Å². The molecule has 0 aliphatic heterocycles. The van der Waals surface area contributed by atoms with Crippen molar-refractivity contribution in [3.63, 3.8) is 0 Å². The first kappa shape index (κ1) is 16.6. The largest absolute Gasteiger partial charge is 0.350 e. The van der Waals surface area contributed by atoms with Crippen LogP contribution in [0, 0.1) is 17.6 Å². The molecule has 0 aromatic heterocycles. The number of halogens is 2. The SMILES string of the molecule is CC(CCN)CCC(=O)NC(C)c1ccc(F)c(F)c1. The second kappa shape index (κ2) is 7.94. The van der Waals surface area contributed by atoms with Gasteiger partial charge in [0.05, 0.1) is 6.04 Å². The van der Waals surface area contributed by atoms with Gasteiger partial charge in [0.15, 0.2) is 11.6 Å². The van der Waals surface area contributed by atoms with Gasteiger partial charge in [-0.2, -0.15) is 0 Å². The van der Waals surface area contributed by atoms with E-state index in [0.29, 0.717) is 24.4 Å². The zero-order valence-corrected chi connectivity index (χ0v) is 12.0. The first-order valence-corrected chi connectivity index (χ1v) is 6.88. The molecule has 20 heavy (non-hydrogen) atoms. The summed E-state index contributed by atoms with van der Waals surface area (Å²) in [5.41, 5.74) is 6.00. The van der Waals surface area contributed by atoms with E-state index >= 15 is 0 Å². The summed E-state index contributed by atoms with van der Waals surface area (Å²) in [6.45, 7) is 4.42. The number of benzene rings is 1. The maximum absolute atomic E-state index is 13.1. The zero-order chi connectivity index (χ0) is 15.1. The Morgan fingerprint density at radius 1 is 1.25 bits per heavy atom. The zero-order valence-electron chi connectivity index (χ0n) is 12.0. The van der Waals surface area contributed by atoms with Gasteiger partial charge in [-0.05, 0) is 49.9 Å². The molecule has 2 unspecified atom stereocenters. The lowest BCUT2D eigenvalue weighted by Gasteiger charge is -2.15. The molecule has 3 nitrogen and oxygen atoms in total. The van der Waals surface area contributed by atoms with Gasteiger partial charge in [-0.3, -0.25) is 4.79 Å². The molecule has 0 saturated heterocycles. The number of hydrogen-bond donors (Lipinski definition) is 2. The van der Waals surface area contributed by atoms with Crippen molar-refractivity contribution in [2.75, 3.05) is 6.54 Å². The van der Waals surface area contributed by atoms with Crippen molar-refractivity contribution in [3.05, 3.63) is 35.4 Å². The minimum atomic E-state index is -0.903. The predicted molar refractivity (Wildman–Crippen MR) is 75.0 cm³/mol. The van der Waals surface area contributed by atoms with Gasteiger partial charge < -0.3 is 11.1 Å². The summed E-state index contributed by atoms with van der Waals surface area (Å²) in [6.07, 6.45) is 2.08. The highest BCUT2D eigenvalue weighted by Gasteiger charge is 2.12. The molecule has 0 saturated carbocycles. The first-order valence-electron chi connectivity index (χ1n) is 6.88. The molecule has 0 heterocycles. The van der Waals surface area contributed by atoms with E-state index in [1.54, 1.807) is 6.92 Å². The maximum Gasteiger partial charge on any atom is 0.220 e. The van der Waals surface area contributed by atoms with E-state index in [2.05, 4.69) is 12.2 Å². The summed E-state index contributed by atoms with van der Waals surface area (Å²) in [4.78, 5) is 11.8. The Morgan fingerprint density at radius 2 is 1.95 bits per heavy atom. The van der Waals surface area contributed by atoms with Gasteiger partial charge in [-0.15, -0.1) is 0 Å². The average molecular weight is 284 g/mol. The van der Waals surface area contributed by atoms with Crippen LogP contribution in [0.15, 0.2) is 18.2 Å². The van der Waals surface area contributed by atoms with Crippen LogP contribution in [0.1, 0.15) is 44.7 Å². The highest BCUT2D eigenvalue weighted by Crippen LogP contribution is 2.16. The molecule has 0 aliphatic carbocycles. The third kappa shape index (κ3) is 5.25. The van der Waals surface area contributed by atoms with E-state index < -0.39 is 11.6 Å². The monoisotopic (exact) mass is 284 g/mol. The third-order valence-corrected chi connectivity index (χ3v) is 3.34. The van der Waals surface area contributed by atoms with Crippen LogP contribution in [-0.2, 0) is 4.79 Å². The molecule has 0 bridgehead atoms. The lowest BCUT2D eigenvalue weighted by molar-refractivity contribution is -0.122. The molecule has 112 valence electrons. The number of hydrogen-bond acceptors (Lipinski definition) is 2. The molecule has 0 spiro atoms. The van der Waals surface area contributed by atoms with Crippen LogP contribution >= 0.6 is 0 Å². The van der Waals surface area contributed by atoms with Crippen molar-refractivity contribution in [2.24, 2.45) is 11.7 Å². The van der Waals surface area contributed by atoms with Crippen molar-refractivity contribution in [3.8, 4) is 0 Å². The van der Waals surface area contributed by atoms with E-state index in [0.717, 1.165) is 25.0 Å². The fourth-order valence-electron chi connectivity index (χ4n) is 1.99. The van der Waals surface area contributed by atoms with Gasteiger partial charge in [0.1, 0.15) is 0 Å². The van der Waals surface area contributed by atoms with Gasteiger partial charge in [-0.1, -0.05) is 13.0 Å². The van der Waals surface area contributed by atoms with Crippen molar-refractivity contribution >= 4 is 5.91 Å². The predicted octanol–water partition coefficient (Wildman–Crippen LogP) is 2.91. The van der Waals surface area contributed by atoms with Crippen molar-refractivity contribution < 1.29 is 13.6 Å². The molecular weight excluding hydrogens is 262 g/mol. The summed E-state index contributed by atoms with van der Waals surface area (Å²) in [6, 6.07) is 3.30. The van der Waals surface area contributed by atoms with Crippen LogP contribution in [0.2, 0.25) is 0 Å². The number of amides is 1. The van der Waals surface area contributed by atoms with Gasteiger partial charge in [0.2, 0.25) is 5.91 Å². The fourth-order valence-corrected chi connectivity index (χ4v) is 1.99. The first-order chi connectivity index (χ1) is 9.43. The standard InChI is InChI=1S/C15H22F2N2O/c1-10(7-8-18)3-6-15(20)19-11(2)12-4-5-13(16)14(17)9-12/h4-5,9-11H,3,6-8,18H2,1-2H3,(H,19,20). The van der Waals surface area contributed by atoms with Gasteiger partial charge >= 0.3 is 0 Å². The molecule has 0 radical (unpaired) electrons. The number of carbonyl (C=O) groups is 1. The summed E-state index contributed by atoms with van der Waals surface area (Å²) in [5, 5.41) is 2.78. The Kier molecular flexibility index (Phi) is 6.58. The lowest BCUT2D eigenvalue weighted by Crippen LogP contribution is -2.27. The number of rotatable bonds is 7. The second-order valence-electron chi connectivity index (χ2n) is 5.18. The molecule has 1 aromatic carbocycles. The molecule has 5 heteroatoms. The quantitative estimate of drug-likeness (QED) is 0.809. The van der Waals surface area contributed by atoms with E-state index in [9.17, 15) is 13.6 Å². The van der Waals surface area contributed by atoms with Gasteiger partial charge in [-0.25, -0.2) is 8.78 Å². The smallest absolute Gasteiger partial charge is 0.220 e. The van der Waals surface area contributed by atoms with Crippen LogP contribution < -0.4 is 11.1 Å². The van der Waals surface area contributed by atoms with Crippen LogP contribution in [0.25, 0.3) is 0 Å². The average Bonchev–Trinajstić information content (AvgIpc) is 2.40. The maximum atomic E-state index is 13.1. The Bertz CT molecular complexity index is 451. The normalized spacial score (nSPS) is 13.8. The molecule has 3 N–H and O–H groups in total. The summed E-state index contributed by atoms with van der Waals surface area (Å²) in [5.74, 6) is -1.47. The van der Waals surface area contributed by atoms with Crippen molar-refractivity contribution in [1.82, 2.24) is 5.32 Å². The van der Waals surface area contributed by atoms with Crippen molar-refractivity contribution in [1.29, 1.82) is 0 Å². The third-order valence-electron chi connectivity index (χ3n) is 3.34. The minimum absolute atomic E-state index is 0.0916. The Hall–Kier alpha value is -1.49. The van der Waals surface area contributed by atoms with Crippen LogP contribution in [0.3, 0.4) is 0 Å². The molecule has 1 rings (SSSR count). The van der Waals surface area contributed by atoms with Crippen LogP contribution in [0.4, 0.5) is 8.78 Å². The van der Waals surface area contributed by atoms with E-state index in [1.165, 1.54) is 6.07 Å². The lowest BCUT2D eigenvalue weighted by atomic mass is 10.0. The van der Waals surface area contributed by atoms with Gasteiger partial charge in [0, 0.05) is 6.42 Å². The molecular formula is C15H22F2N2O. The van der Waals surface area contributed by atoms with Crippen LogP contribution in [-0.4, -0.2) is 12.5 Å². The minimum Gasteiger partial charge on any atom is -0.350 e. The van der Waals surface area contributed by atoms with Gasteiger partial charge in [0.25, 0.3) is 0 Å². The number of nitrogens with one attached hydrogen (secondary N) is 1. The summed E-state index contributed by atoms with van der Waals surface area (Å²) < 4.78 is 26.0. The molecule has 1 aromatic rings. The van der Waals surface area contributed by atoms with E-state index in [-0.39, 0.29) is 11.9 Å². The highest BCUT2D eigenvalue weighted by molar-refractivity contribution is 5.76. The van der Waals surface area contributed by atoms with Crippen LogP contribution in [0.5, 0.6) is 0 Å². The Labute approximate surface area is 118 Å². The second-order valence-corrected chi connectivity index (χ2v) is 5.18. The number of nitrogens with two attached hydrogens (primary N) is 1. The van der Waals surface area contributed by atoms with E-state index in [1.807, 2.05) is 0 Å². The Morgan fingerprint density at radius 3 is 2.55 bits per heavy atom.